The molecule has 0 aliphatic heterocycles. The van der Waals surface area contributed by atoms with E-state index < -0.39 is 0 Å². The number of aryl methyl sites for hydroxylation is 3. The molecule has 1 rings (SSSR count). The molecule has 0 saturated carbocycles. The summed E-state index contributed by atoms with van der Waals surface area (Å²) >= 11 is 0. The number of hydrogen-bond acceptors (Lipinski definition) is 2. The van der Waals surface area contributed by atoms with Gasteiger partial charge in [-0.15, -0.1) is 0 Å². The van der Waals surface area contributed by atoms with E-state index in [1.807, 2.05) is 46.8 Å². The molecule has 1 unspecified atom stereocenters. The molecule has 0 aliphatic carbocycles. The number of carbonyl (C=O) groups excluding carboxylic acids is 2. The summed E-state index contributed by atoms with van der Waals surface area (Å²) in [6.45, 7) is 9.76. The van der Waals surface area contributed by atoms with Crippen LogP contribution in [0.5, 0.6) is 0 Å². The highest BCUT2D eigenvalue weighted by molar-refractivity contribution is 5.96. The average molecular weight is 276 g/mol. The molecule has 1 aromatic carbocycles. The molecular formula is C16H24N2O2. The van der Waals surface area contributed by atoms with Gasteiger partial charge in [-0.3, -0.25) is 9.59 Å². The number of hydrogen-bond donors (Lipinski definition) is 2. The van der Waals surface area contributed by atoms with Gasteiger partial charge >= 0.3 is 0 Å². The van der Waals surface area contributed by atoms with E-state index in [2.05, 4.69) is 10.6 Å². The van der Waals surface area contributed by atoms with Gasteiger partial charge in [0, 0.05) is 11.6 Å². The summed E-state index contributed by atoms with van der Waals surface area (Å²) in [5.74, 6) is -0.345. The van der Waals surface area contributed by atoms with Gasteiger partial charge in [0.2, 0.25) is 11.8 Å². The van der Waals surface area contributed by atoms with Crippen LogP contribution in [0.4, 0.5) is 5.69 Å². The Morgan fingerprint density at radius 1 is 1.15 bits per heavy atom. The monoisotopic (exact) mass is 276 g/mol. The van der Waals surface area contributed by atoms with E-state index in [-0.39, 0.29) is 24.3 Å². The first-order chi connectivity index (χ1) is 9.35. The molecule has 0 heterocycles. The Hall–Kier alpha value is -1.84. The van der Waals surface area contributed by atoms with Gasteiger partial charge in [0.25, 0.3) is 0 Å². The van der Waals surface area contributed by atoms with Gasteiger partial charge in [-0.05, 0) is 38.3 Å². The summed E-state index contributed by atoms with van der Waals surface area (Å²) in [5.41, 5.74) is 4.06. The molecule has 2 N–H and O–H groups in total. The standard InChI is InChI=1S/C16H24N2O2/c1-6-11(3)16(20)17-9-14(19)18-15-12(4)7-10(2)8-13(15)5/h7-8,11H,6,9H2,1-5H3,(H,17,20)(H,18,19). The molecule has 0 bridgehead atoms. The van der Waals surface area contributed by atoms with Crippen LogP contribution < -0.4 is 10.6 Å². The van der Waals surface area contributed by atoms with Gasteiger partial charge in [-0.1, -0.05) is 31.5 Å². The van der Waals surface area contributed by atoms with E-state index in [1.54, 1.807) is 0 Å². The maximum atomic E-state index is 11.9. The van der Waals surface area contributed by atoms with Gasteiger partial charge in [0.05, 0.1) is 6.54 Å². The van der Waals surface area contributed by atoms with Crippen LogP contribution >= 0.6 is 0 Å². The molecule has 110 valence electrons. The summed E-state index contributed by atoms with van der Waals surface area (Å²) in [7, 11) is 0. The van der Waals surface area contributed by atoms with Gasteiger partial charge in [0.1, 0.15) is 0 Å². The van der Waals surface area contributed by atoms with E-state index in [1.165, 1.54) is 5.56 Å². The van der Waals surface area contributed by atoms with Gasteiger partial charge < -0.3 is 10.6 Å². The van der Waals surface area contributed by atoms with Crippen molar-refractivity contribution < 1.29 is 9.59 Å². The topological polar surface area (TPSA) is 58.2 Å². The summed E-state index contributed by atoms with van der Waals surface area (Å²) < 4.78 is 0. The zero-order valence-electron chi connectivity index (χ0n) is 13.0. The van der Waals surface area contributed by atoms with Crippen molar-refractivity contribution in [3.05, 3.63) is 28.8 Å². The van der Waals surface area contributed by atoms with Gasteiger partial charge in [-0.2, -0.15) is 0 Å². The van der Waals surface area contributed by atoms with Crippen molar-refractivity contribution in [1.82, 2.24) is 5.32 Å². The van der Waals surface area contributed by atoms with Crippen molar-refractivity contribution >= 4 is 17.5 Å². The Kier molecular flexibility index (Phi) is 5.74. The van der Waals surface area contributed by atoms with E-state index in [9.17, 15) is 9.59 Å². The number of carbonyl (C=O) groups is 2. The van der Waals surface area contributed by atoms with Gasteiger partial charge in [0.15, 0.2) is 0 Å². The van der Waals surface area contributed by atoms with Crippen LogP contribution in [0.15, 0.2) is 12.1 Å². The summed E-state index contributed by atoms with van der Waals surface area (Å²) in [4.78, 5) is 23.5. The number of amides is 2. The average Bonchev–Trinajstić information content (AvgIpc) is 2.39. The highest BCUT2D eigenvalue weighted by Gasteiger charge is 2.13. The van der Waals surface area contributed by atoms with E-state index in [0.29, 0.717) is 0 Å². The predicted octanol–water partition coefficient (Wildman–Crippen LogP) is 2.71. The molecule has 0 aromatic heterocycles. The molecule has 0 saturated heterocycles. The summed E-state index contributed by atoms with van der Waals surface area (Å²) in [6, 6.07) is 4.06. The lowest BCUT2D eigenvalue weighted by Crippen LogP contribution is -2.36. The van der Waals surface area contributed by atoms with Crippen molar-refractivity contribution in [2.45, 2.75) is 41.0 Å². The van der Waals surface area contributed by atoms with Crippen molar-refractivity contribution in [1.29, 1.82) is 0 Å². The van der Waals surface area contributed by atoms with Crippen LogP contribution in [0, 0.1) is 26.7 Å². The Morgan fingerprint density at radius 2 is 1.70 bits per heavy atom. The third-order valence-corrected chi connectivity index (χ3v) is 3.42. The van der Waals surface area contributed by atoms with Crippen LogP contribution in [0.3, 0.4) is 0 Å². The van der Waals surface area contributed by atoms with Crippen LogP contribution in [0.25, 0.3) is 0 Å². The Labute approximate surface area is 121 Å². The van der Waals surface area contributed by atoms with Crippen molar-refractivity contribution in [2.24, 2.45) is 5.92 Å². The number of rotatable bonds is 5. The first-order valence-electron chi connectivity index (χ1n) is 7.00. The highest BCUT2D eigenvalue weighted by atomic mass is 16.2. The van der Waals surface area contributed by atoms with Crippen LogP contribution in [-0.4, -0.2) is 18.4 Å². The third-order valence-electron chi connectivity index (χ3n) is 3.42. The first kappa shape index (κ1) is 16.2. The second-order valence-electron chi connectivity index (χ2n) is 5.35. The molecule has 4 heteroatoms. The molecule has 2 amide bonds. The second-order valence-corrected chi connectivity index (χ2v) is 5.35. The number of nitrogens with one attached hydrogen (secondary N) is 2. The van der Waals surface area contributed by atoms with Crippen LogP contribution in [-0.2, 0) is 9.59 Å². The lowest BCUT2D eigenvalue weighted by molar-refractivity contribution is -0.126. The molecule has 0 spiro atoms. The highest BCUT2D eigenvalue weighted by Crippen LogP contribution is 2.21. The SMILES string of the molecule is CCC(C)C(=O)NCC(=O)Nc1c(C)cc(C)cc1C. The zero-order valence-corrected chi connectivity index (χ0v) is 13.0. The minimum Gasteiger partial charge on any atom is -0.347 e. The van der Waals surface area contributed by atoms with Crippen molar-refractivity contribution in [2.75, 3.05) is 11.9 Å². The fourth-order valence-electron chi connectivity index (χ4n) is 2.09. The molecule has 4 nitrogen and oxygen atoms in total. The summed E-state index contributed by atoms with van der Waals surface area (Å²) in [5, 5.41) is 5.52. The van der Waals surface area contributed by atoms with E-state index in [4.69, 9.17) is 0 Å². The normalized spacial score (nSPS) is 11.8. The predicted molar refractivity (Wildman–Crippen MR) is 81.7 cm³/mol. The maximum absolute atomic E-state index is 11.9. The fourth-order valence-corrected chi connectivity index (χ4v) is 2.09. The van der Waals surface area contributed by atoms with Crippen LogP contribution in [0.2, 0.25) is 0 Å². The third kappa shape index (κ3) is 4.37. The smallest absolute Gasteiger partial charge is 0.243 e. The Balaban J connectivity index is 2.62. The minimum absolute atomic E-state index is 0.00985. The van der Waals surface area contributed by atoms with E-state index in [0.717, 1.165) is 23.2 Å². The van der Waals surface area contributed by atoms with Gasteiger partial charge in [-0.25, -0.2) is 0 Å². The lowest BCUT2D eigenvalue weighted by atomic mass is 10.1. The molecule has 0 radical (unpaired) electrons. The van der Waals surface area contributed by atoms with Crippen molar-refractivity contribution in [3.8, 4) is 0 Å². The molecule has 20 heavy (non-hydrogen) atoms. The number of benzene rings is 1. The molecule has 0 fully saturated rings. The largest absolute Gasteiger partial charge is 0.347 e. The zero-order chi connectivity index (χ0) is 15.3. The minimum atomic E-state index is -0.197. The molecular weight excluding hydrogens is 252 g/mol. The van der Waals surface area contributed by atoms with Crippen molar-refractivity contribution in [3.63, 3.8) is 0 Å². The lowest BCUT2D eigenvalue weighted by Gasteiger charge is -2.14. The molecule has 1 atom stereocenters. The Morgan fingerprint density at radius 3 is 2.20 bits per heavy atom. The molecule has 1 aromatic rings. The number of anilines is 1. The van der Waals surface area contributed by atoms with Crippen LogP contribution in [0.1, 0.15) is 37.0 Å². The maximum Gasteiger partial charge on any atom is 0.243 e. The quantitative estimate of drug-likeness (QED) is 0.868. The first-order valence-corrected chi connectivity index (χ1v) is 7.00. The molecule has 0 aliphatic rings. The Bertz CT molecular complexity index is 486. The summed E-state index contributed by atoms with van der Waals surface area (Å²) in [6.07, 6.45) is 0.767. The van der Waals surface area contributed by atoms with E-state index >= 15 is 0 Å². The fraction of sp³-hybridized carbons (Fsp3) is 0.500. The second kappa shape index (κ2) is 7.08.